The Morgan fingerprint density at radius 1 is 0.978 bits per heavy atom. The highest BCUT2D eigenvalue weighted by molar-refractivity contribution is 6.25. The zero-order valence-corrected chi connectivity index (χ0v) is 26.3. The molecule has 0 unspecified atom stereocenters. The molecule has 0 heterocycles. The minimum atomic E-state index is -2.62. The number of aliphatic hydroxyl groups excluding tert-OH is 2. The van der Waals surface area contributed by atoms with E-state index in [1.165, 1.54) is 11.0 Å². The lowest BCUT2D eigenvalue weighted by Gasteiger charge is -2.50. The van der Waals surface area contributed by atoms with E-state index in [1.807, 2.05) is 25.1 Å². The number of nitrogens with zero attached hydrogens (tertiary/aromatic N) is 3. The first kappa shape index (κ1) is 32.1. The van der Waals surface area contributed by atoms with E-state index in [2.05, 4.69) is 0 Å². The number of ketones is 3. The highest BCUT2D eigenvalue weighted by atomic mass is 16.3. The second-order valence-electron chi connectivity index (χ2n) is 12.8. The standard InChI is InChI=1S/C34H39N3O8/c1-17(38)25-30(41)28(36(4)5)23-16-20-15-22-21(18-8-7-9-19(14-18)33(44)37(6)13-12-35(2)3)10-11-24(39)27(22)29(40)26(20)32(43)34(23,45)31(25)42/h7-11,14,20,23,28,39-40,42,45H,12-13,15-16H2,1-6H3/t20-,23-,28-,34+/m0/s1. The van der Waals surface area contributed by atoms with Crippen LogP contribution >= 0.6 is 0 Å². The topological polar surface area (TPSA) is 159 Å². The second kappa shape index (κ2) is 11.6. The third kappa shape index (κ3) is 5.04. The maximum atomic E-state index is 14.1. The maximum absolute atomic E-state index is 14.1. The molecule has 11 nitrogen and oxygen atoms in total. The molecule has 0 aliphatic heterocycles. The molecule has 0 aromatic heterocycles. The van der Waals surface area contributed by atoms with Crippen LogP contribution in [0.15, 0.2) is 53.3 Å². The first-order valence-corrected chi connectivity index (χ1v) is 14.8. The number of carbonyl (C=O) groups is 4. The summed E-state index contributed by atoms with van der Waals surface area (Å²) < 4.78 is 0. The van der Waals surface area contributed by atoms with Gasteiger partial charge in [0.05, 0.1) is 11.6 Å². The van der Waals surface area contributed by atoms with Crippen LogP contribution in [0.3, 0.4) is 0 Å². The zero-order valence-electron chi connectivity index (χ0n) is 26.3. The van der Waals surface area contributed by atoms with Gasteiger partial charge in [0.25, 0.3) is 5.91 Å². The number of amides is 1. The van der Waals surface area contributed by atoms with Crippen LogP contribution in [0.4, 0.5) is 0 Å². The Morgan fingerprint density at radius 3 is 2.29 bits per heavy atom. The van der Waals surface area contributed by atoms with E-state index in [-0.39, 0.29) is 35.6 Å². The van der Waals surface area contributed by atoms with Crippen LogP contribution in [-0.4, -0.2) is 118 Å². The number of phenolic OH excluding ortho intramolecular Hbond substituents is 1. The average Bonchev–Trinajstić information content (AvgIpc) is 2.97. The largest absolute Gasteiger partial charge is 0.508 e. The molecule has 1 fully saturated rings. The van der Waals surface area contributed by atoms with Gasteiger partial charge in [-0.15, -0.1) is 0 Å². The van der Waals surface area contributed by atoms with Crippen LogP contribution in [0.5, 0.6) is 5.75 Å². The lowest BCUT2D eigenvalue weighted by molar-refractivity contribution is -0.153. The highest BCUT2D eigenvalue weighted by Gasteiger charge is 2.64. The van der Waals surface area contributed by atoms with Gasteiger partial charge in [-0.1, -0.05) is 18.2 Å². The Balaban J connectivity index is 1.62. The van der Waals surface area contributed by atoms with E-state index < -0.39 is 57.9 Å². The van der Waals surface area contributed by atoms with E-state index >= 15 is 0 Å². The number of Topliss-reactive ketones (excluding diaryl/α,β-unsaturated/α-hetero) is 3. The number of benzene rings is 2. The molecule has 0 radical (unpaired) electrons. The molecule has 2 aromatic carbocycles. The molecule has 3 aliphatic carbocycles. The van der Waals surface area contributed by atoms with Crippen molar-refractivity contribution < 1.29 is 39.6 Å². The molecule has 0 saturated heterocycles. The van der Waals surface area contributed by atoms with Gasteiger partial charge in [0.1, 0.15) is 22.8 Å². The number of aromatic hydroxyl groups is 1. The highest BCUT2D eigenvalue weighted by Crippen LogP contribution is 2.53. The second-order valence-corrected chi connectivity index (χ2v) is 12.8. The molecule has 5 rings (SSSR count). The maximum Gasteiger partial charge on any atom is 0.253 e. The lowest BCUT2D eigenvalue weighted by Crippen LogP contribution is -2.65. The minimum Gasteiger partial charge on any atom is -0.508 e. The fraction of sp³-hybridized carbons (Fsp3) is 0.412. The number of hydrogen-bond acceptors (Lipinski definition) is 10. The molecule has 238 valence electrons. The van der Waals surface area contributed by atoms with Gasteiger partial charge in [0, 0.05) is 37.2 Å². The van der Waals surface area contributed by atoms with E-state index in [0.29, 0.717) is 35.3 Å². The number of hydrogen-bond donors (Lipinski definition) is 4. The van der Waals surface area contributed by atoms with Gasteiger partial charge in [-0.3, -0.25) is 24.1 Å². The quantitative estimate of drug-likeness (QED) is 0.340. The predicted molar refractivity (Wildman–Crippen MR) is 167 cm³/mol. The first-order valence-electron chi connectivity index (χ1n) is 14.8. The molecule has 4 N–H and O–H groups in total. The number of fused-ring (bicyclic) bond motifs is 3. The van der Waals surface area contributed by atoms with Crippen molar-refractivity contribution in [2.24, 2.45) is 11.8 Å². The molecular weight excluding hydrogens is 578 g/mol. The summed E-state index contributed by atoms with van der Waals surface area (Å²) in [5, 5.41) is 45.4. The van der Waals surface area contributed by atoms with Crippen LogP contribution in [-0.2, 0) is 20.8 Å². The summed E-state index contributed by atoms with van der Waals surface area (Å²) in [6.07, 6.45) is 0.186. The molecule has 1 saturated carbocycles. The van der Waals surface area contributed by atoms with E-state index in [0.717, 1.165) is 6.92 Å². The van der Waals surface area contributed by atoms with E-state index in [9.17, 15) is 39.6 Å². The van der Waals surface area contributed by atoms with E-state index in [4.69, 9.17) is 0 Å². The van der Waals surface area contributed by atoms with Gasteiger partial charge in [-0.25, -0.2) is 0 Å². The smallest absolute Gasteiger partial charge is 0.253 e. The Hall–Kier alpha value is -4.32. The summed E-state index contributed by atoms with van der Waals surface area (Å²) in [5.74, 6) is -6.28. The first-order chi connectivity index (χ1) is 21.1. The Morgan fingerprint density at radius 2 is 1.67 bits per heavy atom. The molecule has 2 aromatic rings. The van der Waals surface area contributed by atoms with Crippen molar-refractivity contribution in [3.05, 3.63) is 70.0 Å². The average molecular weight is 618 g/mol. The SMILES string of the molecule is CC(=O)C1=C(O)[C@@]2(O)C(=O)C3=C(O)c4c(O)ccc(-c5cccc(C(=O)N(C)CCN(C)C)c5)c4C[C@H]3C[C@H]2[C@H](N(C)C)C1=O. The Kier molecular flexibility index (Phi) is 8.24. The van der Waals surface area contributed by atoms with Gasteiger partial charge in [0.2, 0.25) is 5.78 Å². The number of rotatable bonds is 7. The Labute approximate surface area is 261 Å². The van der Waals surface area contributed by atoms with Crippen molar-refractivity contribution in [3.63, 3.8) is 0 Å². The third-order valence-corrected chi connectivity index (χ3v) is 9.36. The summed E-state index contributed by atoms with van der Waals surface area (Å²) in [5.41, 5.74) is -1.12. The van der Waals surface area contributed by atoms with Gasteiger partial charge in [0.15, 0.2) is 17.2 Å². The van der Waals surface area contributed by atoms with E-state index in [1.54, 1.807) is 50.3 Å². The molecule has 4 atom stereocenters. The van der Waals surface area contributed by atoms with Crippen LogP contribution in [0.25, 0.3) is 16.9 Å². The number of aliphatic hydroxyl groups is 3. The van der Waals surface area contributed by atoms with Crippen molar-refractivity contribution in [2.45, 2.75) is 31.4 Å². The summed E-state index contributed by atoms with van der Waals surface area (Å²) in [7, 11) is 8.77. The van der Waals surface area contributed by atoms with Crippen molar-refractivity contribution >= 4 is 29.0 Å². The fourth-order valence-electron chi connectivity index (χ4n) is 7.11. The van der Waals surface area contributed by atoms with Crippen molar-refractivity contribution in [1.29, 1.82) is 0 Å². The molecule has 0 spiro atoms. The summed E-state index contributed by atoms with van der Waals surface area (Å²) in [4.78, 5) is 58.3. The van der Waals surface area contributed by atoms with Crippen molar-refractivity contribution in [2.75, 3.05) is 48.3 Å². The third-order valence-electron chi connectivity index (χ3n) is 9.36. The van der Waals surface area contributed by atoms with Gasteiger partial charge in [-0.05, 0) is 88.8 Å². The molecule has 11 heteroatoms. The number of phenols is 1. The predicted octanol–water partition coefficient (Wildman–Crippen LogP) is 2.37. The minimum absolute atomic E-state index is 0.0142. The Bertz CT molecular complexity index is 1690. The summed E-state index contributed by atoms with van der Waals surface area (Å²) in [6, 6.07) is 9.03. The van der Waals surface area contributed by atoms with Gasteiger partial charge in [-0.2, -0.15) is 0 Å². The molecule has 45 heavy (non-hydrogen) atoms. The monoisotopic (exact) mass is 617 g/mol. The van der Waals surface area contributed by atoms with Crippen LogP contribution in [0.2, 0.25) is 0 Å². The zero-order chi connectivity index (χ0) is 33.1. The summed E-state index contributed by atoms with van der Waals surface area (Å²) in [6.45, 7) is 2.31. The molecule has 0 bridgehead atoms. The molecule has 3 aliphatic rings. The normalized spacial score (nSPS) is 24.5. The van der Waals surface area contributed by atoms with Gasteiger partial charge >= 0.3 is 0 Å². The van der Waals surface area contributed by atoms with Crippen LogP contribution in [0, 0.1) is 11.8 Å². The van der Waals surface area contributed by atoms with Crippen molar-refractivity contribution in [1.82, 2.24) is 14.7 Å². The van der Waals surface area contributed by atoms with Crippen LogP contribution in [0.1, 0.15) is 34.8 Å². The van der Waals surface area contributed by atoms with Gasteiger partial charge < -0.3 is 30.2 Å². The molecule has 1 amide bonds. The number of carbonyl (C=O) groups excluding carboxylic acids is 4. The molecular formula is C34H39N3O8. The van der Waals surface area contributed by atoms with Crippen LogP contribution < -0.4 is 0 Å². The fourth-order valence-corrected chi connectivity index (χ4v) is 7.11. The summed E-state index contributed by atoms with van der Waals surface area (Å²) >= 11 is 0. The van der Waals surface area contributed by atoms with Crippen molar-refractivity contribution in [3.8, 4) is 16.9 Å². The lowest BCUT2D eigenvalue weighted by atomic mass is 9.57. The number of likely N-dealkylation sites (N-methyl/N-ethyl adjacent to an activating group) is 3.